The average molecular weight is 576 g/mol. The monoisotopic (exact) mass is 575 g/mol. The molecular formula is C42H41NO. The van der Waals surface area contributed by atoms with Gasteiger partial charge in [-0.3, -0.25) is 0 Å². The molecular weight excluding hydrogens is 534 g/mol. The quantitative estimate of drug-likeness (QED) is 0.335. The van der Waals surface area contributed by atoms with E-state index in [0.717, 1.165) is 38.5 Å². The predicted octanol–water partition coefficient (Wildman–Crippen LogP) is 9.67. The Bertz CT molecular complexity index is 1660. The van der Waals surface area contributed by atoms with E-state index in [-0.39, 0.29) is 18.2 Å². The first-order valence-electron chi connectivity index (χ1n) is 16.6. The molecule has 44 heavy (non-hydrogen) atoms. The predicted molar refractivity (Wildman–Crippen MR) is 181 cm³/mol. The Labute approximate surface area is 262 Å². The van der Waals surface area contributed by atoms with Crippen molar-refractivity contribution in [1.29, 1.82) is 0 Å². The van der Waals surface area contributed by atoms with Crippen LogP contribution in [0.4, 0.5) is 0 Å². The number of rotatable bonds is 6. The van der Waals surface area contributed by atoms with Crippen LogP contribution in [0.25, 0.3) is 0 Å². The lowest BCUT2D eigenvalue weighted by Crippen LogP contribution is -2.36. The molecule has 1 heterocycles. The lowest BCUT2D eigenvalue weighted by atomic mass is 9.83. The normalized spacial score (nSPS) is 31.7. The third kappa shape index (κ3) is 5.37. The van der Waals surface area contributed by atoms with Crippen molar-refractivity contribution >= 4 is 0 Å². The Morgan fingerprint density at radius 2 is 1.61 bits per heavy atom. The molecule has 6 unspecified atom stereocenters. The molecule has 220 valence electrons. The van der Waals surface area contributed by atoms with Gasteiger partial charge in [0.2, 0.25) is 0 Å². The zero-order valence-electron chi connectivity index (χ0n) is 25.3. The Balaban J connectivity index is 1.05. The zero-order valence-corrected chi connectivity index (χ0v) is 25.3. The lowest BCUT2D eigenvalue weighted by molar-refractivity contribution is 0.0682. The third-order valence-electron chi connectivity index (χ3n) is 10.2. The first-order chi connectivity index (χ1) is 21.8. The van der Waals surface area contributed by atoms with Crippen LogP contribution in [0.1, 0.15) is 50.0 Å². The highest BCUT2D eigenvalue weighted by Gasteiger charge is 2.40. The Morgan fingerprint density at radius 3 is 2.43 bits per heavy atom. The maximum absolute atomic E-state index is 6.60. The summed E-state index contributed by atoms with van der Waals surface area (Å²) >= 11 is 0. The smallest absolute Gasteiger partial charge is 0.0868 e. The van der Waals surface area contributed by atoms with E-state index in [1.54, 1.807) is 0 Å². The third-order valence-corrected chi connectivity index (χ3v) is 10.2. The average Bonchev–Trinajstić information content (AvgIpc) is 3.48. The largest absolute Gasteiger partial charge is 0.365 e. The SMILES string of the molecule is C1=CC2OC3CC(N(C4=CC(c5ccccc5)CC=C4)C4C=CC(C5C=CC(C6=CCCC=C6)=CC5)=CC4)=CC=C3C2C=C1. The number of nitrogens with zero attached hydrogens (tertiary/aromatic N) is 1. The molecule has 7 aliphatic rings. The summed E-state index contributed by atoms with van der Waals surface area (Å²) in [5.41, 5.74) is 9.66. The summed E-state index contributed by atoms with van der Waals surface area (Å²) < 4.78 is 6.60. The van der Waals surface area contributed by atoms with E-state index in [2.05, 4.69) is 145 Å². The molecule has 0 saturated carbocycles. The number of fused-ring (bicyclic) bond motifs is 3. The highest BCUT2D eigenvalue weighted by Crippen LogP contribution is 2.43. The van der Waals surface area contributed by atoms with Crippen LogP contribution in [0.15, 0.2) is 173 Å². The summed E-state index contributed by atoms with van der Waals surface area (Å²) in [6.45, 7) is 0. The van der Waals surface area contributed by atoms with Gasteiger partial charge < -0.3 is 9.64 Å². The van der Waals surface area contributed by atoms with Gasteiger partial charge >= 0.3 is 0 Å². The van der Waals surface area contributed by atoms with Crippen molar-refractivity contribution in [2.45, 2.75) is 62.7 Å². The van der Waals surface area contributed by atoms with Gasteiger partial charge in [0.15, 0.2) is 0 Å². The van der Waals surface area contributed by atoms with Gasteiger partial charge in [-0.05, 0) is 72.1 Å². The van der Waals surface area contributed by atoms with E-state index in [4.69, 9.17) is 4.74 Å². The number of ether oxygens (including phenoxy) is 1. The van der Waals surface area contributed by atoms with Crippen LogP contribution in [0.5, 0.6) is 0 Å². The maximum atomic E-state index is 6.60. The molecule has 1 aromatic rings. The summed E-state index contributed by atoms with van der Waals surface area (Å²) in [4.78, 5) is 2.61. The van der Waals surface area contributed by atoms with Crippen molar-refractivity contribution in [2.75, 3.05) is 0 Å². The molecule has 0 N–H and O–H groups in total. The van der Waals surface area contributed by atoms with E-state index in [1.165, 1.54) is 39.2 Å². The summed E-state index contributed by atoms with van der Waals surface area (Å²) in [7, 11) is 0. The van der Waals surface area contributed by atoms with Crippen LogP contribution in [0.2, 0.25) is 0 Å². The first kappa shape index (κ1) is 27.4. The summed E-state index contributed by atoms with van der Waals surface area (Å²) in [6, 6.07) is 11.2. The summed E-state index contributed by atoms with van der Waals surface area (Å²) in [5, 5.41) is 0. The topological polar surface area (TPSA) is 12.5 Å². The van der Waals surface area contributed by atoms with Crippen LogP contribution >= 0.6 is 0 Å². The first-order valence-corrected chi connectivity index (χ1v) is 16.6. The van der Waals surface area contributed by atoms with E-state index >= 15 is 0 Å². The van der Waals surface area contributed by atoms with Gasteiger partial charge in [-0.1, -0.05) is 128 Å². The summed E-state index contributed by atoms with van der Waals surface area (Å²) in [5.74, 6) is 1.21. The fourth-order valence-electron chi connectivity index (χ4n) is 7.84. The minimum atomic E-state index is 0.138. The van der Waals surface area contributed by atoms with E-state index in [1.807, 2.05) is 0 Å². The number of hydrogen-bond donors (Lipinski definition) is 0. The molecule has 0 aromatic heterocycles. The van der Waals surface area contributed by atoms with Crippen molar-refractivity contribution in [1.82, 2.24) is 4.90 Å². The Morgan fingerprint density at radius 1 is 0.705 bits per heavy atom. The van der Waals surface area contributed by atoms with Gasteiger partial charge in [-0.25, -0.2) is 0 Å². The van der Waals surface area contributed by atoms with Crippen molar-refractivity contribution in [3.63, 3.8) is 0 Å². The van der Waals surface area contributed by atoms with Crippen LogP contribution in [-0.4, -0.2) is 23.1 Å². The number of hydrogen-bond acceptors (Lipinski definition) is 2. The zero-order chi connectivity index (χ0) is 29.3. The molecule has 6 aliphatic carbocycles. The second-order valence-corrected chi connectivity index (χ2v) is 12.9. The minimum Gasteiger partial charge on any atom is -0.365 e. The van der Waals surface area contributed by atoms with Gasteiger partial charge in [0, 0.05) is 35.6 Å². The summed E-state index contributed by atoms with van der Waals surface area (Å²) in [6.07, 6.45) is 48.9. The number of allylic oxidation sites excluding steroid dienone is 17. The van der Waals surface area contributed by atoms with Crippen LogP contribution in [0, 0.1) is 11.8 Å². The second-order valence-electron chi connectivity index (χ2n) is 12.9. The highest BCUT2D eigenvalue weighted by atomic mass is 16.5. The van der Waals surface area contributed by atoms with Crippen LogP contribution in [-0.2, 0) is 4.74 Å². The molecule has 0 bridgehead atoms. The molecule has 0 spiro atoms. The molecule has 0 amide bonds. The molecule has 6 atom stereocenters. The van der Waals surface area contributed by atoms with Crippen molar-refractivity contribution < 1.29 is 4.74 Å². The number of benzene rings is 1. The maximum Gasteiger partial charge on any atom is 0.0868 e. The highest BCUT2D eigenvalue weighted by molar-refractivity contribution is 5.50. The van der Waals surface area contributed by atoms with Crippen molar-refractivity contribution in [3.05, 3.63) is 179 Å². The molecule has 1 saturated heterocycles. The van der Waals surface area contributed by atoms with Crippen LogP contribution in [0.3, 0.4) is 0 Å². The molecule has 1 aliphatic heterocycles. The van der Waals surface area contributed by atoms with Gasteiger partial charge in [0.05, 0.1) is 18.2 Å². The molecule has 8 rings (SSSR count). The van der Waals surface area contributed by atoms with E-state index < -0.39 is 0 Å². The molecule has 0 radical (unpaired) electrons. The van der Waals surface area contributed by atoms with Gasteiger partial charge in [-0.15, -0.1) is 0 Å². The standard InChI is InChI=1S/C42H41NO/c1-3-10-30(11-4-1)32-18-20-33(21-19-32)34-22-24-36(25-23-34)43(37-15-9-14-35(28-37)31-12-5-2-6-13-31)38-26-27-40-39-16-7-8-17-41(39)44-42(40)29-38/h2-3,5-13,15-20,22-24,26-28,33,35-36,39,41-42H,1,4,14,21,25,29H2. The van der Waals surface area contributed by atoms with E-state index in [9.17, 15) is 0 Å². The lowest BCUT2D eigenvalue weighted by Gasteiger charge is -2.39. The van der Waals surface area contributed by atoms with Crippen molar-refractivity contribution in [3.8, 4) is 0 Å². The molecule has 1 aromatic carbocycles. The molecule has 1 fully saturated rings. The Kier molecular flexibility index (Phi) is 7.54. The molecule has 2 nitrogen and oxygen atoms in total. The van der Waals surface area contributed by atoms with Crippen LogP contribution < -0.4 is 0 Å². The van der Waals surface area contributed by atoms with Crippen molar-refractivity contribution in [2.24, 2.45) is 11.8 Å². The fraction of sp³-hybridized carbons (Fsp3) is 0.286. The Hall–Kier alpha value is -4.14. The fourth-order valence-corrected chi connectivity index (χ4v) is 7.84. The second kappa shape index (κ2) is 12.1. The van der Waals surface area contributed by atoms with Gasteiger partial charge in [0.25, 0.3) is 0 Å². The van der Waals surface area contributed by atoms with Gasteiger partial charge in [-0.2, -0.15) is 0 Å². The van der Waals surface area contributed by atoms with Gasteiger partial charge in [0.1, 0.15) is 0 Å². The van der Waals surface area contributed by atoms with E-state index in [0.29, 0.717) is 17.8 Å². The molecule has 2 heteroatoms. The minimum absolute atomic E-state index is 0.138.